The summed E-state index contributed by atoms with van der Waals surface area (Å²) in [5.74, 6) is -2.66. The molecule has 2 heterocycles. The van der Waals surface area contributed by atoms with Crippen LogP contribution in [0.25, 0.3) is 16.8 Å². The highest BCUT2D eigenvalue weighted by molar-refractivity contribution is 5.91. The second kappa shape index (κ2) is 5.43. The van der Waals surface area contributed by atoms with Gasteiger partial charge in [0.25, 0.3) is 0 Å². The molecule has 0 amide bonds. The number of halogens is 4. The van der Waals surface area contributed by atoms with Gasteiger partial charge in [-0.1, -0.05) is 0 Å². The monoisotopic (exact) mass is 354 g/mol. The lowest BCUT2D eigenvalue weighted by molar-refractivity contribution is -0.136. The van der Waals surface area contributed by atoms with Crippen LogP contribution in [0.1, 0.15) is 21.5 Å². The molecule has 0 atom stereocenters. The highest BCUT2D eigenvalue weighted by atomic mass is 19.4. The first-order chi connectivity index (χ1) is 11.6. The Bertz CT molecular complexity index is 1010. The van der Waals surface area contributed by atoms with Gasteiger partial charge in [0.2, 0.25) is 0 Å². The maximum absolute atomic E-state index is 14.1. The minimum atomic E-state index is -4.75. The Hall–Kier alpha value is -3.17. The van der Waals surface area contributed by atoms with Crippen LogP contribution in [0.3, 0.4) is 0 Å². The Kier molecular flexibility index (Phi) is 3.62. The van der Waals surface area contributed by atoms with E-state index in [0.717, 1.165) is 29.0 Å². The average molecular weight is 354 g/mol. The van der Waals surface area contributed by atoms with Crippen molar-refractivity contribution in [3.05, 3.63) is 47.0 Å². The summed E-state index contributed by atoms with van der Waals surface area (Å²) in [5, 5.41) is 12.9. The topological polar surface area (TPSA) is 93.5 Å². The molecule has 0 saturated heterocycles. The Morgan fingerprint density at radius 3 is 2.56 bits per heavy atom. The number of anilines is 1. The van der Waals surface area contributed by atoms with Crippen LogP contribution >= 0.6 is 0 Å². The summed E-state index contributed by atoms with van der Waals surface area (Å²) in [6.07, 6.45) is -3.80. The predicted molar refractivity (Wildman–Crippen MR) is 79.5 cm³/mol. The third-order valence-corrected chi connectivity index (χ3v) is 3.76. The number of carboxylic acids is 1. The number of rotatable bonds is 2. The molecule has 2 aromatic heterocycles. The number of aromatic nitrogens is 3. The molecule has 10 heteroatoms. The van der Waals surface area contributed by atoms with Crippen LogP contribution in [0.5, 0.6) is 0 Å². The van der Waals surface area contributed by atoms with E-state index in [1.807, 2.05) is 0 Å². The van der Waals surface area contributed by atoms with Crippen LogP contribution in [-0.2, 0) is 6.18 Å². The molecule has 6 nitrogen and oxygen atoms in total. The van der Waals surface area contributed by atoms with Gasteiger partial charge in [-0.05, 0) is 30.7 Å². The molecule has 3 rings (SSSR count). The van der Waals surface area contributed by atoms with Gasteiger partial charge in [0, 0.05) is 5.56 Å². The maximum atomic E-state index is 14.1. The first kappa shape index (κ1) is 16.7. The van der Waals surface area contributed by atoms with Crippen molar-refractivity contribution in [2.75, 3.05) is 5.73 Å². The van der Waals surface area contributed by atoms with Crippen molar-refractivity contribution < 1.29 is 27.5 Å². The number of carboxylic acid groups (broad SMARTS) is 1. The third kappa shape index (κ3) is 2.65. The van der Waals surface area contributed by atoms with Gasteiger partial charge < -0.3 is 10.8 Å². The molecule has 0 unspecified atom stereocenters. The maximum Gasteiger partial charge on any atom is 0.418 e. The van der Waals surface area contributed by atoms with Crippen molar-refractivity contribution in [1.82, 2.24) is 14.6 Å². The number of benzene rings is 1. The first-order valence-corrected chi connectivity index (χ1v) is 6.84. The SMILES string of the molecule is Cc1c(F)cc(-c2cc(C(F)(F)F)c3c(N)ncnn23)cc1C(=O)O. The van der Waals surface area contributed by atoms with Crippen molar-refractivity contribution >= 4 is 17.3 Å². The number of hydrogen-bond donors (Lipinski definition) is 2. The molecule has 3 N–H and O–H groups in total. The van der Waals surface area contributed by atoms with E-state index < -0.39 is 34.9 Å². The molecule has 3 aromatic rings. The van der Waals surface area contributed by atoms with Gasteiger partial charge in [0.15, 0.2) is 5.82 Å². The van der Waals surface area contributed by atoms with Crippen molar-refractivity contribution in [2.45, 2.75) is 13.1 Å². The van der Waals surface area contributed by atoms with Gasteiger partial charge in [-0.2, -0.15) is 18.3 Å². The van der Waals surface area contributed by atoms with Gasteiger partial charge in [-0.25, -0.2) is 18.7 Å². The zero-order valence-electron chi connectivity index (χ0n) is 12.6. The van der Waals surface area contributed by atoms with Crippen LogP contribution in [0.4, 0.5) is 23.4 Å². The number of nitrogen functional groups attached to an aromatic ring is 1. The molecule has 130 valence electrons. The van der Waals surface area contributed by atoms with Crippen LogP contribution in [-0.4, -0.2) is 25.7 Å². The Labute approximate surface area is 137 Å². The fraction of sp³-hybridized carbons (Fsp3) is 0.133. The summed E-state index contributed by atoms with van der Waals surface area (Å²) in [6.45, 7) is 1.26. The summed E-state index contributed by atoms with van der Waals surface area (Å²) in [6, 6.07) is 2.76. The van der Waals surface area contributed by atoms with E-state index in [9.17, 15) is 22.4 Å². The lowest BCUT2D eigenvalue weighted by Gasteiger charge is -2.07. The number of alkyl halides is 3. The molecule has 1 aromatic carbocycles. The van der Waals surface area contributed by atoms with Gasteiger partial charge in [-0.3, -0.25) is 0 Å². The number of nitrogens with two attached hydrogens (primary N) is 1. The second-order valence-electron chi connectivity index (χ2n) is 5.28. The molecular weight excluding hydrogens is 344 g/mol. The number of aromatic carboxylic acids is 1. The van der Waals surface area contributed by atoms with Crippen LogP contribution in [0, 0.1) is 12.7 Å². The summed E-state index contributed by atoms with van der Waals surface area (Å²) >= 11 is 0. The Morgan fingerprint density at radius 1 is 1.28 bits per heavy atom. The predicted octanol–water partition coefficient (Wildman–Crippen LogP) is 3.14. The standard InChI is InChI=1S/C15H10F4N4O2/c1-6-8(14(24)25)2-7(3-10(6)16)11-4-9(15(17,18)19)12-13(20)21-5-22-23(11)12/h2-5H,1H3,(H,24,25)(H2,20,21,22). The quantitative estimate of drug-likeness (QED) is 0.690. The minimum absolute atomic E-state index is 0.0795. The molecule has 0 radical (unpaired) electrons. The zero-order valence-corrected chi connectivity index (χ0v) is 12.6. The van der Waals surface area contributed by atoms with E-state index in [2.05, 4.69) is 10.1 Å². The van der Waals surface area contributed by atoms with Crippen LogP contribution < -0.4 is 5.73 Å². The van der Waals surface area contributed by atoms with Gasteiger partial charge in [0.1, 0.15) is 17.7 Å². The minimum Gasteiger partial charge on any atom is -0.478 e. The summed E-state index contributed by atoms with van der Waals surface area (Å²) in [4.78, 5) is 14.8. The number of hydrogen-bond acceptors (Lipinski definition) is 4. The van der Waals surface area contributed by atoms with E-state index in [1.54, 1.807) is 0 Å². The van der Waals surface area contributed by atoms with Crippen LogP contribution in [0.2, 0.25) is 0 Å². The number of nitrogens with zero attached hydrogens (tertiary/aromatic N) is 3. The van der Waals surface area contributed by atoms with Crippen molar-refractivity contribution in [3.63, 3.8) is 0 Å². The van der Waals surface area contributed by atoms with Gasteiger partial charge in [-0.15, -0.1) is 0 Å². The van der Waals surface area contributed by atoms with Crippen LogP contribution in [0.15, 0.2) is 24.5 Å². The Morgan fingerprint density at radius 2 is 1.96 bits per heavy atom. The molecule has 0 bridgehead atoms. The molecular formula is C15H10F4N4O2. The fourth-order valence-electron chi connectivity index (χ4n) is 2.54. The van der Waals surface area contributed by atoms with E-state index in [-0.39, 0.29) is 22.4 Å². The van der Waals surface area contributed by atoms with E-state index in [0.29, 0.717) is 0 Å². The normalized spacial score (nSPS) is 11.9. The molecule has 0 spiro atoms. The smallest absolute Gasteiger partial charge is 0.418 e. The van der Waals surface area contributed by atoms with E-state index in [1.165, 1.54) is 6.92 Å². The summed E-state index contributed by atoms with van der Waals surface area (Å²) in [7, 11) is 0. The highest BCUT2D eigenvalue weighted by Crippen LogP contribution is 2.39. The summed E-state index contributed by atoms with van der Waals surface area (Å²) < 4.78 is 54.8. The lowest BCUT2D eigenvalue weighted by Crippen LogP contribution is -2.07. The molecule has 0 aliphatic heterocycles. The zero-order chi connectivity index (χ0) is 18.5. The average Bonchev–Trinajstić information content (AvgIpc) is 2.91. The molecule has 0 aliphatic carbocycles. The molecule has 0 aliphatic rings. The highest BCUT2D eigenvalue weighted by Gasteiger charge is 2.36. The first-order valence-electron chi connectivity index (χ1n) is 6.84. The third-order valence-electron chi connectivity index (χ3n) is 3.76. The lowest BCUT2D eigenvalue weighted by atomic mass is 10.0. The summed E-state index contributed by atoms with van der Waals surface area (Å²) in [5.41, 5.74) is 3.24. The largest absolute Gasteiger partial charge is 0.478 e. The van der Waals surface area contributed by atoms with Crippen molar-refractivity contribution in [2.24, 2.45) is 0 Å². The Balaban J connectivity index is 2.38. The van der Waals surface area contributed by atoms with Crippen molar-refractivity contribution in [1.29, 1.82) is 0 Å². The fourth-order valence-corrected chi connectivity index (χ4v) is 2.54. The number of carbonyl (C=O) groups is 1. The van der Waals surface area contributed by atoms with E-state index in [4.69, 9.17) is 10.8 Å². The second-order valence-corrected chi connectivity index (χ2v) is 5.28. The van der Waals surface area contributed by atoms with Gasteiger partial charge >= 0.3 is 12.1 Å². The molecule has 0 fully saturated rings. The van der Waals surface area contributed by atoms with Crippen molar-refractivity contribution in [3.8, 4) is 11.3 Å². The van der Waals surface area contributed by atoms with E-state index >= 15 is 0 Å². The van der Waals surface area contributed by atoms with Gasteiger partial charge in [0.05, 0.1) is 16.8 Å². The molecule has 0 saturated carbocycles. The number of fused-ring (bicyclic) bond motifs is 1. The molecule has 25 heavy (non-hydrogen) atoms.